The molecular weight excluding hydrogens is 318 g/mol. The van der Waals surface area contributed by atoms with Gasteiger partial charge in [-0.3, -0.25) is 4.79 Å². The molecule has 0 saturated heterocycles. The number of hydrogen-bond donors (Lipinski definition) is 2. The van der Waals surface area contributed by atoms with Crippen molar-refractivity contribution in [3.8, 4) is 5.75 Å². The minimum atomic E-state index is -4.89. The van der Waals surface area contributed by atoms with Gasteiger partial charge in [-0.15, -0.1) is 13.2 Å². The van der Waals surface area contributed by atoms with E-state index in [0.717, 1.165) is 18.2 Å². The molecule has 0 aliphatic heterocycles. The second-order valence-corrected chi connectivity index (χ2v) is 5.53. The number of nitrogens with one attached hydrogen (secondary N) is 1. The Balaban J connectivity index is 1.97. The standard InChI is InChI=1S/C15H17F4NO3/c16-12-2-1-3-13(23-15(17,18)19)11(12)8-20-10-6-4-9(5-7-10)14(21)22/h1-3,9-10,20H,4-8H2,(H,21,22). The lowest BCUT2D eigenvalue weighted by Crippen LogP contribution is -2.35. The molecule has 0 bridgehead atoms. The highest BCUT2D eigenvalue weighted by atomic mass is 19.4. The number of alkyl halides is 3. The largest absolute Gasteiger partial charge is 0.573 e. The molecule has 0 radical (unpaired) electrons. The van der Waals surface area contributed by atoms with Gasteiger partial charge in [0, 0.05) is 18.2 Å². The summed E-state index contributed by atoms with van der Waals surface area (Å²) in [4.78, 5) is 10.9. The van der Waals surface area contributed by atoms with Crippen LogP contribution in [0.4, 0.5) is 17.6 Å². The molecule has 1 fully saturated rings. The summed E-state index contributed by atoms with van der Waals surface area (Å²) in [6, 6.07) is 3.23. The van der Waals surface area contributed by atoms with E-state index < -0.39 is 23.9 Å². The number of carbonyl (C=O) groups is 1. The Kier molecular flexibility index (Phi) is 5.46. The summed E-state index contributed by atoms with van der Waals surface area (Å²) in [6.07, 6.45) is -2.73. The molecule has 0 unspecified atom stereocenters. The zero-order valence-corrected chi connectivity index (χ0v) is 12.2. The van der Waals surface area contributed by atoms with Crippen LogP contribution in [-0.2, 0) is 11.3 Å². The number of benzene rings is 1. The van der Waals surface area contributed by atoms with Crippen molar-refractivity contribution in [3.05, 3.63) is 29.6 Å². The van der Waals surface area contributed by atoms with Gasteiger partial charge in [-0.25, -0.2) is 4.39 Å². The predicted octanol–water partition coefficient (Wildman–Crippen LogP) is 3.46. The first kappa shape index (κ1) is 17.5. The van der Waals surface area contributed by atoms with E-state index in [1.54, 1.807) is 0 Å². The van der Waals surface area contributed by atoms with Gasteiger partial charge in [0.1, 0.15) is 11.6 Å². The van der Waals surface area contributed by atoms with E-state index in [9.17, 15) is 22.4 Å². The summed E-state index contributed by atoms with van der Waals surface area (Å²) in [7, 11) is 0. The smallest absolute Gasteiger partial charge is 0.481 e. The first-order valence-electron chi connectivity index (χ1n) is 7.25. The van der Waals surface area contributed by atoms with Crippen molar-refractivity contribution in [1.82, 2.24) is 5.32 Å². The molecule has 8 heteroatoms. The van der Waals surface area contributed by atoms with Gasteiger partial charge in [0.15, 0.2) is 0 Å². The summed E-state index contributed by atoms with van der Waals surface area (Å²) >= 11 is 0. The van der Waals surface area contributed by atoms with Gasteiger partial charge < -0.3 is 15.2 Å². The van der Waals surface area contributed by atoms with E-state index in [-0.39, 0.29) is 24.1 Å². The highest BCUT2D eigenvalue weighted by Crippen LogP contribution is 2.29. The van der Waals surface area contributed by atoms with Crippen LogP contribution in [0.3, 0.4) is 0 Å². The second kappa shape index (κ2) is 7.16. The fourth-order valence-electron chi connectivity index (χ4n) is 2.72. The zero-order chi connectivity index (χ0) is 17.0. The minimum Gasteiger partial charge on any atom is -0.481 e. The van der Waals surface area contributed by atoms with Crippen LogP contribution in [-0.4, -0.2) is 23.5 Å². The number of ether oxygens (including phenoxy) is 1. The van der Waals surface area contributed by atoms with Crippen LogP contribution in [0.1, 0.15) is 31.2 Å². The Morgan fingerprint density at radius 3 is 2.48 bits per heavy atom. The molecular formula is C15H17F4NO3. The molecule has 128 valence electrons. The number of carboxylic acids is 1. The van der Waals surface area contributed by atoms with Gasteiger partial charge in [-0.1, -0.05) is 6.07 Å². The third-order valence-electron chi connectivity index (χ3n) is 3.95. The van der Waals surface area contributed by atoms with Crippen LogP contribution >= 0.6 is 0 Å². The minimum absolute atomic E-state index is 0.0519. The number of rotatable bonds is 5. The maximum Gasteiger partial charge on any atom is 0.573 e. The quantitative estimate of drug-likeness (QED) is 0.809. The average Bonchev–Trinajstić information content (AvgIpc) is 2.45. The van der Waals surface area contributed by atoms with Crippen LogP contribution in [0.2, 0.25) is 0 Å². The molecule has 1 aliphatic rings. The fraction of sp³-hybridized carbons (Fsp3) is 0.533. The number of halogens is 4. The third kappa shape index (κ3) is 5.09. The summed E-state index contributed by atoms with van der Waals surface area (Å²) < 4.78 is 54.7. The van der Waals surface area contributed by atoms with Gasteiger partial charge in [-0.05, 0) is 37.8 Å². The van der Waals surface area contributed by atoms with Crippen LogP contribution in [0.5, 0.6) is 5.75 Å². The molecule has 23 heavy (non-hydrogen) atoms. The monoisotopic (exact) mass is 335 g/mol. The molecule has 4 nitrogen and oxygen atoms in total. The molecule has 0 amide bonds. The number of aliphatic carboxylic acids is 1. The lowest BCUT2D eigenvalue weighted by atomic mass is 9.86. The molecule has 0 spiro atoms. The molecule has 2 N–H and O–H groups in total. The summed E-state index contributed by atoms with van der Waals surface area (Å²) in [5.74, 6) is -2.56. The molecule has 1 aliphatic carbocycles. The normalized spacial score (nSPS) is 21.9. The van der Waals surface area contributed by atoms with E-state index in [4.69, 9.17) is 5.11 Å². The maximum atomic E-state index is 13.8. The van der Waals surface area contributed by atoms with Gasteiger partial charge in [0.2, 0.25) is 0 Å². The van der Waals surface area contributed by atoms with Gasteiger partial charge in [0.25, 0.3) is 0 Å². The Labute approximate surface area is 130 Å². The SMILES string of the molecule is O=C(O)C1CCC(NCc2c(F)cccc2OC(F)(F)F)CC1. The Hall–Kier alpha value is -1.83. The highest BCUT2D eigenvalue weighted by Gasteiger charge is 2.33. The average molecular weight is 335 g/mol. The summed E-state index contributed by atoms with van der Waals surface area (Å²) in [5, 5.41) is 11.9. The Morgan fingerprint density at radius 2 is 1.91 bits per heavy atom. The van der Waals surface area contributed by atoms with E-state index in [2.05, 4.69) is 10.1 Å². The van der Waals surface area contributed by atoms with E-state index >= 15 is 0 Å². The highest BCUT2D eigenvalue weighted by molar-refractivity contribution is 5.70. The molecule has 0 heterocycles. The van der Waals surface area contributed by atoms with Crippen LogP contribution < -0.4 is 10.1 Å². The lowest BCUT2D eigenvalue weighted by Gasteiger charge is -2.27. The molecule has 0 atom stereocenters. The van der Waals surface area contributed by atoms with Gasteiger partial charge >= 0.3 is 12.3 Å². The van der Waals surface area contributed by atoms with E-state index in [1.165, 1.54) is 0 Å². The summed E-state index contributed by atoms with van der Waals surface area (Å²) in [5.41, 5.74) is -0.190. The zero-order valence-electron chi connectivity index (χ0n) is 12.2. The molecule has 1 saturated carbocycles. The summed E-state index contributed by atoms with van der Waals surface area (Å²) in [6.45, 7) is -0.111. The van der Waals surface area contributed by atoms with Crippen LogP contribution in [0.15, 0.2) is 18.2 Å². The van der Waals surface area contributed by atoms with E-state index in [1.807, 2.05) is 0 Å². The first-order valence-corrected chi connectivity index (χ1v) is 7.25. The number of hydrogen-bond acceptors (Lipinski definition) is 3. The van der Waals surface area contributed by atoms with Crippen molar-refractivity contribution in [3.63, 3.8) is 0 Å². The number of carboxylic acid groups (broad SMARTS) is 1. The maximum absolute atomic E-state index is 13.8. The third-order valence-corrected chi connectivity index (χ3v) is 3.95. The van der Waals surface area contributed by atoms with Crippen molar-refractivity contribution in [2.24, 2.45) is 5.92 Å². The van der Waals surface area contributed by atoms with Crippen LogP contribution in [0, 0.1) is 11.7 Å². The predicted molar refractivity (Wildman–Crippen MR) is 73.3 cm³/mol. The van der Waals surface area contributed by atoms with Crippen molar-refractivity contribution in [1.29, 1.82) is 0 Å². The molecule has 1 aromatic rings. The second-order valence-electron chi connectivity index (χ2n) is 5.53. The lowest BCUT2D eigenvalue weighted by molar-refractivity contribution is -0.275. The van der Waals surface area contributed by atoms with Gasteiger partial charge in [-0.2, -0.15) is 0 Å². The molecule has 2 rings (SSSR count). The first-order chi connectivity index (χ1) is 10.8. The van der Waals surface area contributed by atoms with Crippen molar-refractivity contribution in [2.45, 2.75) is 44.6 Å². The topological polar surface area (TPSA) is 58.6 Å². The van der Waals surface area contributed by atoms with E-state index in [0.29, 0.717) is 25.7 Å². The Bertz CT molecular complexity index is 554. The Morgan fingerprint density at radius 1 is 1.26 bits per heavy atom. The van der Waals surface area contributed by atoms with Crippen molar-refractivity contribution in [2.75, 3.05) is 0 Å². The molecule has 0 aromatic heterocycles. The van der Waals surface area contributed by atoms with Gasteiger partial charge in [0.05, 0.1) is 5.92 Å². The molecule has 1 aromatic carbocycles. The fourth-order valence-corrected chi connectivity index (χ4v) is 2.72. The van der Waals surface area contributed by atoms with Crippen molar-refractivity contribution >= 4 is 5.97 Å². The van der Waals surface area contributed by atoms with Crippen LogP contribution in [0.25, 0.3) is 0 Å². The van der Waals surface area contributed by atoms with Crippen molar-refractivity contribution < 1.29 is 32.2 Å².